The molecule has 0 bridgehead atoms. The highest BCUT2D eigenvalue weighted by Gasteiger charge is 2.21. The molecule has 0 amide bonds. The van der Waals surface area contributed by atoms with Gasteiger partial charge in [0.25, 0.3) is 5.69 Å². The molecule has 1 aromatic carbocycles. The Kier molecular flexibility index (Phi) is 3.79. The molecule has 1 N–H and O–H groups in total. The highest BCUT2D eigenvalue weighted by molar-refractivity contribution is 5.92. The van der Waals surface area contributed by atoms with Crippen LogP contribution in [0.5, 0.6) is 5.75 Å². The maximum absolute atomic E-state index is 11.0. The molecule has 0 aliphatic heterocycles. The molecule has 0 saturated carbocycles. The Morgan fingerprint density at radius 1 is 1.50 bits per heavy atom. The molecular formula is C13H12N2O5. The fourth-order valence-corrected chi connectivity index (χ4v) is 1.85. The number of rotatable bonds is 5. The monoisotopic (exact) mass is 276 g/mol. The predicted molar refractivity (Wildman–Crippen MR) is 70.7 cm³/mol. The largest absolute Gasteiger partial charge is 0.479 e. The number of hydrogen-bond acceptors (Lipinski definition) is 5. The van der Waals surface area contributed by atoms with Crippen molar-refractivity contribution in [2.75, 3.05) is 0 Å². The minimum Gasteiger partial charge on any atom is -0.479 e. The number of pyridine rings is 1. The van der Waals surface area contributed by atoms with Gasteiger partial charge in [-0.1, -0.05) is 6.92 Å². The number of nitro groups is 1. The lowest BCUT2D eigenvalue weighted by Crippen LogP contribution is -2.26. The van der Waals surface area contributed by atoms with Crippen LogP contribution in [0, 0.1) is 10.1 Å². The van der Waals surface area contributed by atoms with E-state index in [9.17, 15) is 14.9 Å². The molecule has 1 aromatic heterocycles. The Labute approximate surface area is 114 Å². The Bertz CT molecular complexity index is 671. The Morgan fingerprint density at radius 3 is 2.85 bits per heavy atom. The maximum atomic E-state index is 11.0. The van der Waals surface area contributed by atoms with Gasteiger partial charge in [-0.3, -0.25) is 15.1 Å². The number of aromatic nitrogens is 1. The molecule has 1 unspecified atom stereocenters. The first-order valence-electron chi connectivity index (χ1n) is 5.96. The zero-order valence-electron chi connectivity index (χ0n) is 10.6. The van der Waals surface area contributed by atoms with E-state index in [-0.39, 0.29) is 23.4 Å². The first-order valence-corrected chi connectivity index (χ1v) is 5.96. The van der Waals surface area contributed by atoms with Gasteiger partial charge in [0, 0.05) is 12.3 Å². The first-order chi connectivity index (χ1) is 9.54. The third-order valence-electron chi connectivity index (χ3n) is 2.82. The molecule has 0 spiro atoms. The van der Waals surface area contributed by atoms with Gasteiger partial charge in [-0.2, -0.15) is 0 Å². The molecular weight excluding hydrogens is 264 g/mol. The van der Waals surface area contributed by atoms with Gasteiger partial charge in [-0.05, 0) is 24.6 Å². The predicted octanol–water partition coefficient (Wildman–Crippen LogP) is 2.38. The number of ether oxygens (including phenoxy) is 1. The third kappa shape index (κ3) is 2.51. The normalized spacial score (nSPS) is 12.1. The molecule has 7 heteroatoms. The summed E-state index contributed by atoms with van der Waals surface area (Å²) >= 11 is 0. The number of nitro benzene ring substituents is 1. The van der Waals surface area contributed by atoms with Crippen molar-refractivity contribution >= 4 is 22.6 Å². The lowest BCUT2D eigenvalue weighted by Gasteiger charge is -2.14. The molecule has 1 heterocycles. The van der Waals surface area contributed by atoms with Crippen molar-refractivity contribution in [2.24, 2.45) is 0 Å². The maximum Gasteiger partial charge on any atom is 0.344 e. The second-order valence-corrected chi connectivity index (χ2v) is 4.09. The fourth-order valence-electron chi connectivity index (χ4n) is 1.85. The minimum atomic E-state index is -1.09. The highest BCUT2D eigenvalue weighted by Crippen LogP contribution is 2.31. The van der Waals surface area contributed by atoms with Crippen LogP contribution in [0.4, 0.5) is 5.69 Å². The van der Waals surface area contributed by atoms with Crippen molar-refractivity contribution in [1.82, 2.24) is 4.98 Å². The number of hydrogen-bond donors (Lipinski definition) is 1. The van der Waals surface area contributed by atoms with Crippen molar-refractivity contribution in [1.29, 1.82) is 0 Å². The van der Waals surface area contributed by atoms with Crippen LogP contribution in [0.15, 0.2) is 30.5 Å². The lowest BCUT2D eigenvalue weighted by molar-refractivity contribution is -0.383. The fraction of sp³-hybridized carbons (Fsp3) is 0.231. The molecule has 104 valence electrons. The zero-order chi connectivity index (χ0) is 14.7. The topological polar surface area (TPSA) is 103 Å². The molecule has 0 aliphatic carbocycles. The average Bonchev–Trinajstić information content (AvgIpc) is 2.43. The molecule has 0 saturated heterocycles. The van der Waals surface area contributed by atoms with Gasteiger partial charge in [0.05, 0.1) is 10.3 Å². The van der Waals surface area contributed by atoms with Crippen LogP contribution in [0.1, 0.15) is 13.3 Å². The van der Waals surface area contributed by atoms with Gasteiger partial charge in [0.15, 0.2) is 6.10 Å². The van der Waals surface area contributed by atoms with Crippen LogP contribution >= 0.6 is 0 Å². The van der Waals surface area contributed by atoms with E-state index in [2.05, 4.69) is 4.98 Å². The summed E-state index contributed by atoms with van der Waals surface area (Å²) in [5.41, 5.74) is 0.185. The molecule has 1 atom stereocenters. The van der Waals surface area contributed by atoms with E-state index in [1.54, 1.807) is 19.1 Å². The average molecular weight is 276 g/mol. The van der Waals surface area contributed by atoms with E-state index in [1.165, 1.54) is 18.3 Å². The number of benzene rings is 1. The van der Waals surface area contributed by atoms with E-state index < -0.39 is 17.0 Å². The zero-order valence-corrected chi connectivity index (χ0v) is 10.6. The summed E-state index contributed by atoms with van der Waals surface area (Å²) in [5.74, 6) is -0.865. The molecule has 7 nitrogen and oxygen atoms in total. The number of non-ortho nitro benzene ring substituents is 1. The molecule has 20 heavy (non-hydrogen) atoms. The second-order valence-electron chi connectivity index (χ2n) is 4.09. The number of nitrogens with zero attached hydrogens (tertiary/aromatic N) is 2. The van der Waals surface area contributed by atoms with Gasteiger partial charge < -0.3 is 9.84 Å². The van der Waals surface area contributed by atoms with Crippen LogP contribution in [-0.2, 0) is 4.79 Å². The molecule has 0 fully saturated rings. The number of fused-ring (bicyclic) bond motifs is 1. The lowest BCUT2D eigenvalue weighted by atomic mass is 10.1. The van der Waals surface area contributed by atoms with Crippen LogP contribution in [0.2, 0.25) is 0 Å². The van der Waals surface area contributed by atoms with Crippen molar-refractivity contribution < 1.29 is 19.6 Å². The van der Waals surface area contributed by atoms with Crippen molar-refractivity contribution in [3.63, 3.8) is 0 Å². The van der Waals surface area contributed by atoms with Crippen LogP contribution in [0.25, 0.3) is 10.9 Å². The number of carboxylic acid groups (broad SMARTS) is 1. The summed E-state index contributed by atoms with van der Waals surface area (Å²) < 4.78 is 5.39. The third-order valence-corrected chi connectivity index (χ3v) is 2.82. The number of aliphatic carboxylic acids is 1. The summed E-state index contributed by atoms with van der Waals surface area (Å²) in [6.45, 7) is 1.68. The SMILES string of the molecule is CCC(Oc1ccc([N+](=O)[O-])c2cccnc12)C(=O)O. The quantitative estimate of drug-likeness (QED) is 0.664. The first kappa shape index (κ1) is 13.7. The van der Waals surface area contributed by atoms with Crippen LogP contribution in [-0.4, -0.2) is 27.1 Å². The Hall–Kier alpha value is -2.70. The molecule has 0 radical (unpaired) electrons. The summed E-state index contributed by atoms with van der Waals surface area (Å²) in [5, 5.41) is 20.3. The second kappa shape index (κ2) is 5.52. The molecule has 2 aromatic rings. The highest BCUT2D eigenvalue weighted by atomic mass is 16.6. The van der Waals surface area contributed by atoms with Gasteiger partial charge in [-0.15, -0.1) is 0 Å². The smallest absolute Gasteiger partial charge is 0.344 e. The molecule has 0 aliphatic rings. The summed E-state index contributed by atoms with van der Waals surface area (Å²) in [6.07, 6.45) is 0.739. The molecule has 2 rings (SSSR count). The van der Waals surface area contributed by atoms with Crippen LogP contribution < -0.4 is 4.74 Å². The Balaban J connectivity index is 2.53. The van der Waals surface area contributed by atoms with E-state index in [1.807, 2.05) is 0 Å². The van der Waals surface area contributed by atoms with E-state index in [4.69, 9.17) is 9.84 Å². The van der Waals surface area contributed by atoms with E-state index in [0.717, 1.165) is 0 Å². The van der Waals surface area contributed by atoms with Gasteiger partial charge in [0.2, 0.25) is 0 Å². The summed E-state index contributed by atoms with van der Waals surface area (Å²) in [4.78, 5) is 25.5. The van der Waals surface area contributed by atoms with Crippen molar-refractivity contribution in [3.8, 4) is 5.75 Å². The number of carbonyl (C=O) groups is 1. The van der Waals surface area contributed by atoms with E-state index in [0.29, 0.717) is 5.39 Å². The van der Waals surface area contributed by atoms with Crippen molar-refractivity contribution in [2.45, 2.75) is 19.4 Å². The van der Waals surface area contributed by atoms with E-state index >= 15 is 0 Å². The summed E-state index contributed by atoms with van der Waals surface area (Å²) in [7, 11) is 0. The van der Waals surface area contributed by atoms with Gasteiger partial charge >= 0.3 is 5.97 Å². The minimum absolute atomic E-state index is 0.0937. The van der Waals surface area contributed by atoms with Gasteiger partial charge in [0.1, 0.15) is 11.3 Å². The van der Waals surface area contributed by atoms with Gasteiger partial charge in [-0.25, -0.2) is 4.79 Å². The van der Waals surface area contributed by atoms with Crippen LogP contribution in [0.3, 0.4) is 0 Å². The summed E-state index contributed by atoms with van der Waals surface area (Å²) in [6, 6.07) is 5.79. The standard InChI is InChI=1S/C13H12N2O5/c1-2-10(13(16)17)20-11-6-5-9(15(18)19)8-4-3-7-14-12(8)11/h3-7,10H,2H2,1H3,(H,16,17). The number of carboxylic acids is 1. The van der Waals surface area contributed by atoms with Crippen molar-refractivity contribution in [3.05, 3.63) is 40.6 Å². The Morgan fingerprint density at radius 2 is 2.25 bits per heavy atom.